The van der Waals surface area contributed by atoms with E-state index in [0.29, 0.717) is 6.54 Å². The van der Waals surface area contributed by atoms with Crippen molar-refractivity contribution in [1.29, 1.82) is 0 Å². The highest BCUT2D eigenvalue weighted by Crippen LogP contribution is 2.29. The molecule has 1 aliphatic rings. The molecule has 4 nitrogen and oxygen atoms in total. The maximum Gasteiger partial charge on any atom is 0.407 e. The average Bonchev–Trinajstić information content (AvgIpc) is 2.26. The Morgan fingerprint density at radius 3 is 2.33 bits per heavy atom. The van der Waals surface area contributed by atoms with Crippen molar-refractivity contribution in [2.24, 2.45) is 5.41 Å². The van der Waals surface area contributed by atoms with Crippen LogP contribution in [0.4, 0.5) is 4.79 Å². The standard InChI is InChI=1S/C14H28N2O2/c1-6-16-9-7-14(5,8-10-16)11-15-12(17)18-13(2,3)4/h6-11H2,1-5H3,(H,15,17). The first kappa shape index (κ1) is 15.3. The second-order valence-electron chi connectivity index (χ2n) is 6.60. The van der Waals surface area contributed by atoms with Crippen LogP contribution in [0.1, 0.15) is 47.5 Å². The quantitative estimate of drug-likeness (QED) is 0.844. The highest BCUT2D eigenvalue weighted by atomic mass is 16.6. The van der Waals surface area contributed by atoms with Crippen molar-refractivity contribution in [2.75, 3.05) is 26.2 Å². The Balaban J connectivity index is 2.32. The lowest BCUT2D eigenvalue weighted by atomic mass is 9.80. The first-order valence-corrected chi connectivity index (χ1v) is 6.93. The van der Waals surface area contributed by atoms with E-state index in [4.69, 9.17) is 4.74 Å². The van der Waals surface area contributed by atoms with Crippen molar-refractivity contribution in [2.45, 2.75) is 53.1 Å². The number of rotatable bonds is 3. The SMILES string of the molecule is CCN1CCC(C)(CNC(=O)OC(C)(C)C)CC1. The molecule has 0 bridgehead atoms. The molecule has 1 fully saturated rings. The molecule has 0 aromatic rings. The number of nitrogens with one attached hydrogen (secondary N) is 1. The van der Waals surface area contributed by atoms with Gasteiger partial charge in [-0.2, -0.15) is 0 Å². The van der Waals surface area contributed by atoms with Crippen LogP contribution in [0, 0.1) is 5.41 Å². The third kappa shape index (κ3) is 5.25. The molecule has 1 rings (SSSR count). The first-order valence-electron chi connectivity index (χ1n) is 6.93. The minimum absolute atomic E-state index is 0.211. The molecule has 1 aliphatic heterocycles. The Bertz CT molecular complexity index is 276. The van der Waals surface area contributed by atoms with E-state index in [1.807, 2.05) is 20.8 Å². The molecule has 18 heavy (non-hydrogen) atoms. The number of carbonyl (C=O) groups is 1. The lowest BCUT2D eigenvalue weighted by molar-refractivity contribution is 0.0469. The maximum atomic E-state index is 11.6. The van der Waals surface area contributed by atoms with E-state index in [0.717, 1.165) is 32.5 Å². The van der Waals surface area contributed by atoms with Gasteiger partial charge in [-0.15, -0.1) is 0 Å². The van der Waals surface area contributed by atoms with Gasteiger partial charge in [-0.3, -0.25) is 0 Å². The van der Waals surface area contributed by atoms with E-state index in [-0.39, 0.29) is 11.5 Å². The summed E-state index contributed by atoms with van der Waals surface area (Å²) in [7, 11) is 0. The molecule has 1 saturated heterocycles. The molecule has 0 aliphatic carbocycles. The molecule has 0 aromatic carbocycles. The van der Waals surface area contributed by atoms with E-state index in [1.54, 1.807) is 0 Å². The van der Waals surface area contributed by atoms with Gasteiger partial charge in [0.15, 0.2) is 0 Å². The highest BCUT2D eigenvalue weighted by Gasteiger charge is 2.30. The number of hydrogen-bond acceptors (Lipinski definition) is 3. The maximum absolute atomic E-state index is 11.6. The van der Waals surface area contributed by atoms with Crippen LogP contribution in [0.2, 0.25) is 0 Å². The molecular formula is C14H28N2O2. The number of hydrogen-bond donors (Lipinski definition) is 1. The predicted octanol–water partition coefficient (Wildman–Crippen LogP) is 2.63. The van der Waals surface area contributed by atoms with Crippen molar-refractivity contribution in [1.82, 2.24) is 10.2 Å². The number of ether oxygens (including phenoxy) is 1. The summed E-state index contributed by atoms with van der Waals surface area (Å²) >= 11 is 0. The molecule has 0 aromatic heterocycles. The largest absolute Gasteiger partial charge is 0.444 e. The van der Waals surface area contributed by atoms with Gasteiger partial charge in [0.1, 0.15) is 5.60 Å². The molecule has 1 amide bonds. The molecule has 0 radical (unpaired) electrons. The first-order chi connectivity index (χ1) is 8.24. The molecule has 4 heteroatoms. The number of nitrogens with zero attached hydrogens (tertiary/aromatic N) is 1. The predicted molar refractivity (Wildman–Crippen MR) is 73.7 cm³/mol. The Labute approximate surface area is 111 Å². The summed E-state index contributed by atoms with van der Waals surface area (Å²) in [5.41, 5.74) is -0.209. The zero-order valence-electron chi connectivity index (χ0n) is 12.5. The zero-order valence-corrected chi connectivity index (χ0v) is 12.5. The average molecular weight is 256 g/mol. The van der Waals surface area contributed by atoms with Crippen molar-refractivity contribution in [3.05, 3.63) is 0 Å². The van der Waals surface area contributed by atoms with Crippen molar-refractivity contribution >= 4 is 6.09 Å². The van der Waals surface area contributed by atoms with Gasteiger partial charge in [0.25, 0.3) is 0 Å². The van der Waals surface area contributed by atoms with Crippen LogP contribution < -0.4 is 5.32 Å². The van der Waals surface area contributed by atoms with Crippen molar-refractivity contribution < 1.29 is 9.53 Å². The minimum Gasteiger partial charge on any atom is -0.444 e. The van der Waals surface area contributed by atoms with Crippen LogP contribution >= 0.6 is 0 Å². The Morgan fingerprint density at radius 1 is 1.33 bits per heavy atom. The third-order valence-electron chi connectivity index (χ3n) is 3.57. The number of amides is 1. The molecule has 1 heterocycles. The summed E-state index contributed by atoms with van der Waals surface area (Å²) in [6, 6.07) is 0. The molecule has 1 N–H and O–H groups in total. The minimum atomic E-state index is -0.420. The Morgan fingerprint density at radius 2 is 1.89 bits per heavy atom. The normalized spacial score (nSPS) is 20.5. The van der Waals surface area contributed by atoms with E-state index < -0.39 is 5.60 Å². The van der Waals surface area contributed by atoms with Gasteiger partial charge < -0.3 is 15.0 Å². The van der Waals surface area contributed by atoms with E-state index in [9.17, 15) is 4.79 Å². The summed E-state index contributed by atoms with van der Waals surface area (Å²) < 4.78 is 5.26. The van der Waals surface area contributed by atoms with Crippen LogP contribution in [0.25, 0.3) is 0 Å². The number of alkyl carbamates (subject to hydrolysis) is 1. The summed E-state index contributed by atoms with van der Waals surface area (Å²) in [6.45, 7) is 14.2. The van der Waals surface area contributed by atoms with Crippen molar-refractivity contribution in [3.63, 3.8) is 0 Å². The molecule has 0 atom stereocenters. The van der Waals surface area contributed by atoms with Gasteiger partial charge in [-0.05, 0) is 58.7 Å². The van der Waals surface area contributed by atoms with Gasteiger partial charge in [-0.1, -0.05) is 13.8 Å². The van der Waals surface area contributed by atoms with Gasteiger partial charge >= 0.3 is 6.09 Å². The lowest BCUT2D eigenvalue weighted by Gasteiger charge is -2.39. The summed E-state index contributed by atoms with van der Waals surface area (Å²) in [5.74, 6) is 0. The number of piperidine rings is 1. The van der Waals surface area contributed by atoms with Gasteiger partial charge in [0.05, 0.1) is 0 Å². The van der Waals surface area contributed by atoms with E-state index in [1.165, 1.54) is 0 Å². The number of carbonyl (C=O) groups excluding carboxylic acids is 1. The lowest BCUT2D eigenvalue weighted by Crippen LogP contribution is -2.45. The van der Waals surface area contributed by atoms with Crippen molar-refractivity contribution in [3.8, 4) is 0 Å². The summed E-state index contributed by atoms with van der Waals surface area (Å²) in [6.07, 6.45) is 1.97. The second-order valence-corrected chi connectivity index (χ2v) is 6.60. The fourth-order valence-electron chi connectivity index (χ4n) is 2.19. The van der Waals surface area contributed by atoms with Crippen LogP contribution in [0.15, 0.2) is 0 Å². The molecule has 0 spiro atoms. The Hall–Kier alpha value is -0.770. The monoisotopic (exact) mass is 256 g/mol. The summed E-state index contributed by atoms with van der Waals surface area (Å²) in [5, 5.41) is 2.90. The summed E-state index contributed by atoms with van der Waals surface area (Å²) in [4.78, 5) is 14.1. The van der Waals surface area contributed by atoms with E-state index in [2.05, 4.69) is 24.1 Å². The van der Waals surface area contributed by atoms with Gasteiger partial charge in [0.2, 0.25) is 0 Å². The van der Waals surface area contributed by atoms with Crippen LogP contribution in [-0.2, 0) is 4.74 Å². The molecular weight excluding hydrogens is 228 g/mol. The molecule has 106 valence electrons. The zero-order chi connectivity index (χ0) is 13.8. The van der Waals surface area contributed by atoms with E-state index >= 15 is 0 Å². The van der Waals surface area contributed by atoms with Crippen LogP contribution in [-0.4, -0.2) is 42.8 Å². The topological polar surface area (TPSA) is 41.6 Å². The second kappa shape index (κ2) is 5.91. The third-order valence-corrected chi connectivity index (χ3v) is 3.57. The fraction of sp³-hybridized carbons (Fsp3) is 0.929. The highest BCUT2D eigenvalue weighted by molar-refractivity contribution is 5.67. The van der Waals surface area contributed by atoms with Crippen LogP contribution in [0.3, 0.4) is 0 Å². The number of likely N-dealkylation sites (tertiary alicyclic amines) is 1. The molecule has 0 saturated carbocycles. The molecule has 0 unspecified atom stereocenters. The van der Waals surface area contributed by atoms with Crippen LogP contribution in [0.5, 0.6) is 0 Å². The van der Waals surface area contributed by atoms with Gasteiger partial charge in [0, 0.05) is 6.54 Å². The fourth-order valence-corrected chi connectivity index (χ4v) is 2.19. The van der Waals surface area contributed by atoms with Gasteiger partial charge in [-0.25, -0.2) is 4.79 Å². The Kier molecular flexibility index (Phi) is 5.02. The smallest absolute Gasteiger partial charge is 0.407 e.